The van der Waals surface area contributed by atoms with Gasteiger partial charge in [0.05, 0.1) is 16.0 Å². The number of halogens is 2. The Bertz CT molecular complexity index is 499. The average Bonchev–Trinajstić information content (AvgIpc) is 2.63. The molecule has 0 atom stereocenters. The number of thiazole rings is 1. The third-order valence-corrected chi connectivity index (χ3v) is 3.86. The van der Waals surface area contributed by atoms with Crippen molar-refractivity contribution in [1.29, 1.82) is 0 Å². The quantitative estimate of drug-likeness (QED) is 0.897. The molecule has 0 amide bonds. The van der Waals surface area contributed by atoms with E-state index >= 15 is 0 Å². The lowest BCUT2D eigenvalue weighted by Gasteiger charge is -2.05. The molecule has 0 aromatic carbocycles. The number of anilines is 1. The van der Waals surface area contributed by atoms with Gasteiger partial charge in [0.15, 0.2) is 0 Å². The minimum atomic E-state index is 0.749. The van der Waals surface area contributed by atoms with Crippen LogP contribution in [-0.4, -0.2) is 9.97 Å². The van der Waals surface area contributed by atoms with E-state index in [9.17, 15) is 0 Å². The van der Waals surface area contributed by atoms with Gasteiger partial charge in [0, 0.05) is 21.7 Å². The highest BCUT2D eigenvalue weighted by Crippen LogP contribution is 2.24. The van der Waals surface area contributed by atoms with Crippen LogP contribution in [0.1, 0.15) is 9.88 Å². The zero-order chi connectivity index (χ0) is 11.5. The fourth-order valence-corrected chi connectivity index (χ4v) is 3.06. The van der Waals surface area contributed by atoms with E-state index in [1.807, 2.05) is 19.2 Å². The number of hydrogen-bond donors (Lipinski definition) is 1. The van der Waals surface area contributed by atoms with Crippen molar-refractivity contribution in [1.82, 2.24) is 9.97 Å². The molecule has 0 aliphatic rings. The molecule has 2 aromatic heterocycles. The number of pyridine rings is 1. The number of hydrogen-bond acceptors (Lipinski definition) is 4. The van der Waals surface area contributed by atoms with E-state index in [-0.39, 0.29) is 0 Å². The zero-order valence-corrected chi connectivity index (χ0v) is 12.5. The topological polar surface area (TPSA) is 37.8 Å². The third-order valence-electron chi connectivity index (χ3n) is 1.91. The summed E-state index contributed by atoms with van der Waals surface area (Å²) in [7, 11) is 0. The summed E-state index contributed by atoms with van der Waals surface area (Å²) in [6, 6.07) is 1.97. The Hall–Kier alpha value is -0.460. The van der Waals surface area contributed by atoms with E-state index in [0.29, 0.717) is 0 Å². The Morgan fingerprint density at radius 2 is 2.12 bits per heavy atom. The highest BCUT2D eigenvalue weighted by molar-refractivity contribution is 9.11. The Morgan fingerprint density at radius 1 is 1.31 bits per heavy atom. The van der Waals surface area contributed by atoms with E-state index in [2.05, 4.69) is 47.1 Å². The SMILES string of the molecule is Cc1ncc(CNc2ncc(Br)cc2Br)s1. The van der Waals surface area contributed by atoms with E-state index < -0.39 is 0 Å². The molecule has 6 heteroatoms. The van der Waals surface area contributed by atoms with Gasteiger partial charge in [0.1, 0.15) is 5.82 Å². The first-order chi connectivity index (χ1) is 7.65. The molecule has 2 heterocycles. The van der Waals surface area contributed by atoms with Crippen LogP contribution in [0.4, 0.5) is 5.82 Å². The summed E-state index contributed by atoms with van der Waals surface area (Å²) in [4.78, 5) is 9.69. The molecular weight excluding hydrogens is 354 g/mol. The Balaban J connectivity index is 2.04. The minimum absolute atomic E-state index is 0.749. The van der Waals surface area contributed by atoms with Gasteiger partial charge in [-0.1, -0.05) is 0 Å². The molecule has 1 N–H and O–H groups in total. The maximum absolute atomic E-state index is 4.28. The van der Waals surface area contributed by atoms with Crippen LogP contribution in [-0.2, 0) is 6.54 Å². The predicted octanol–water partition coefficient (Wildman–Crippen LogP) is 3.98. The molecule has 0 spiro atoms. The second kappa shape index (κ2) is 5.25. The molecule has 0 saturated heterocycles. The first-order valence-electron chi connectivity index (χ1n) is 4.61. The first kappa shape index (κ1) is 12.0. The van der Waals surface area contributed by atoms with E-state index in [0.717, 1.165) is 26.3 Å². The Labute approximate surface area is 115 Å². The number of nitrogens with one attached hydrogen (secondary N) is 1. The van der Waals surface area contributed by atoms with Crippen molar-refractivity contribution >= 4 is 49.0 Å². The van der Waals surface area contributed by atoms with Gasteiger partial charge in [0.25, 0.3) is 0 Å². The highest BCUT2D eigenvalue weighted by atomic mass is 79.9. The van der Waals surface area contributed by atoms with Crippen LogP contribution in [0.2, 0.25) is 0 Å². The number of aryl methyl sites for hydroxylation is 1. The molecule has 0 aliphatic carbocycles. The lowest BCUT2D eigenvalue weighted by Crippen LogP contribution is -2.00. The summed E-state index contributed by atoms with van der Waals surface area (Å²) in [5.74, 6) is 0.842. The van der Waals surface area contributed by atoms with Crippen molar-refractivity contribution in [2.75, 3.05) is 5.32 Å². The fraction of sp³-hybridized carbons (Fsp3) is 0.200. The molecule has 2 rings (SSSR count). The van der Waals surface area contributed by atoms with Crippen LogP contribution in [0.15, 0.2) is 27.4 Å². The van der Waals surface area contributed by atoms with E-state index in [1.54, 1.807) is 17.5 Å². The number of nitrogens with zero attached hydrogens (tertiary/aromatic N) is 2. The van der Waals surface area contributed by atoms with Crippen molar-refractivity contribution in [3.05, 3.63) is 37.3 Å². The van der Waals surface area contributed by atoms with Crippen molar-refractivity contribution < 1.29 is 0 Å². The molecule has 84 valence electrons. The summed E-state index contributed by atoms with van der Waals surface area (Å²) in [6.45, 7) is 2.75. The van der Waals surface area contributed by atoms with Gasteiger partial charge in [-0.2, -0.15) is 0 Å². The summed E-state index contributed by atoms with van der Waals surface area (Å²) in [5.41, 5.74) is 0. The second-order valence-corrected chi connectivity index (χ2v) is 6.27. The van der Waals surface area contributed by atoms with Gasteiger partial charge in [-0.25, -0.2) is 9.97 Å². The highest BCUT2D eigenvalue weighted by Gasteiger charge is 2.03. The van der Waals surface area contributed by atoms with Crippen LogP contribution < -0.4 is 5.32 Å². The second-order valence-electron chi connectivity index (χ2n) is 3.18. The molecule has 16 heavy (non-hydrogen) atoms. The maximum atomic E-state index is 4.28. The van der Waals surface area contributed by atoms with Crippen molar-refractivity contribution in [2.45, 2.75) is 13.5 Å². The average molecular weight is 363 g/mol. The van der Waals surface area contributed by atoms with Crippen LogP contribution in [0.3, 0.4) is 0 Å². The smallest absolute Gasteiger partial charge is 0.140 e. The van der Waals surface area contributed by atoms with Crippen LogP contribution in [0, 0.1) is 6.92 Å². The molecule has 3 nitrogen and oxygen atoms in total. The molecule has 0 fully saturated rings. The summed E-state index contributed by atoms with van der Waals surface area (Å²) >= 11 is 8.52. The Morgan fingerprint density at radius 3 is 2.75 bits per heavy atom. The maximum Gasteiger partial charge on any atom is 0.140 e. The van der Waals surface area contributed by atoms with Crippen molar-refractivity contribution in [3.8, 4) is 0 Å². The summed E-state index contributed by atoms with van der Waals surface area (Å²) in [5, 5.41) is 4.34. The Kier molecular flexibility index (Phi) is 3.94. The van der Waals surface area contributed by atoms with Crippen LogP contribution in [0.25, 0.3) is 0 Å². The predicted molar refractivity (Wildman–Crippen MR) is 73.8 cm³/mol. The van der Waals surface area contributed by atoms with Crippen LogP contribution in [0.5, 0.6) is 0 Å². The van der Waals surface area contributed by atoms with Gasteiger partial charge in [-0.15, -0.1) is 11.3 Å². The lowest BCUT2D eigenvalue weighted by atomic mass is 10.4. The van der Waals surface area contributed by atoms with Gasteiger partial charge < -0.3 is 5.32 Å². The fourth-order valence-electron chi connectivity index (χ4n) is 1.20. The molecule has 0 bridgehead atoms. The molecule has 0 aliphatic heterocycles. The van der Waals surface area contributed by atoms with E-state index in [4.69, 9.17) is 0 Å². The molecule has 0 saturated carbocycles. The van der Waals surface area contributed by atoms with Gasteiger partial charge in [-0.05, 0) is 44.8 Å². The minimum Gasteiger partial charge on any atom is -0.364 e. The van der Waals surface area contributed by atoms with Crippen molar-refractivity contribution in [3.63, 3.8) is 0 Å². The lowest BCUT2D eigenvalue weighted by molar-refractivity contribution is 1.12. The normalized spacial score (nSPS) is 10.4. The number of rotatable bonds is 3. The monoisotopic (exact) mass is 361 g/mol. The zero-order valence-electron chi connectivity index (χ0n) is 8.50. The van der Waals surface area contributed by atoms with Crippen LogP contribution >= 0.6 is 43.2 Å². The molecule has 0 radical (unpaired) electrons. The van der Waals surface area contributed by atoms with Gasteiger partial charge in [-0.3, -0.25) is 0 Å². The molecule has 2 aromatic rings. The number of aromatic nitrogens is 2. The van der Waals surface area contributed by atoms with Crippen molar-refractivity contribution in [2.24, 2.45) is 0 Å². The first-order valence-corrected chi connectivity index (χ1v) is 7.01. The van der Waals surface area contributed by atoms with Gasteiger partial charge >= 0.3 is 0 Å². The largest absolute Gasteiger partial charge is 0.364 e. The molecular formula is C10H9Br2N3S. The molecule has 0 unspecified atom stereocenters. The summed E-state index contributed by atoms with van der Waals surface area (Å²) < 4.78 is 1.90. The standard InChI is InChI=1S/C10H9Br2N3S/c1-6-13-4-8(16-6)5-15-10-9(12)2-7(11)3-14-10/h2-4H,5H2,1H3,(H,14,15). The van der Waals surface area contributed by atoms with E-state index in [1.165, 1.54) is 4.88 Å². The third kappa shape index (κ3) is 3.02. The van der Waals surface area contributed by atoms with Gasteiger partial charge in [0.2, 0.25) is 0 Å². The summed E-state index contributed by atoms with van der Waals surface area (Å²) in [6.07, 6.45) is 3.66.